The molecule has 3 aromatic carbocycles. The molecule has 2 amide bonds. The molecule has 1 saturated heterocycles. The van der Waals surface area contributed by atoms with Gasteiger partial charge < -0.3 is 10.2 Å². The summed E-state index contributed by atoms with van der Waals surface area (Å²) < 4.78 is 29.2. The van der Waals surface area contributed by atoms with E-state index in [1.165, 1.54) is 6.07 Å². The van der Waals surface area contributed by atoms with Crippen molar-refractivity contribution in [2.75, 3.05) is 16.2 Å². The highest BCUT2D eigenvalue weighted by atomic mass is 79.9. The van der Waals surface area contributed by atoms with E-state index in [0.29, 0.717) is 26.6 Å². The maximum Gasteiger partial charge on any atom is 0.263 e. The molecular weight excluding hydrogens is 610 g/mol. The van der Waals surface area contributed by atoms with Gasteiger partial charge in [-0.15, -0.1) is 0 Å². The van der Waals surface area contributed by atoms with Crippen molar-refractivity contribution in [3.8, 4) is 0 Å². The summed E-state index contributed by atoms with van der Waals surface area (Å²) >= 11 is 6.56. The quantitative estimate of drug-likeness (QED) is 0.332. The molecule has 1 fully saturated rings. The average molecular weight is 635 g/mol. The van der Waals surface area contributed by atoms with Crippen molar-refractivity contribution in [3.05, 3.63) is 86.8 Å². The summed E-state index contributed by atoms with van der Waals surface area (Å²) in [5, 5.41) is 2.96. The first kappa shape index (κ1) is 26.4. The highest BCUT2D eigenvalue weighted by Gasteiger charge is 2.21. The Labute approximate surface area is 227 Å². The van der Waals surface area contributed by atoms with Crippen LogP contribution in [0.25, 0.3) is 0 Å². The number of carbonyl (C=O) groups is 2. The van der Waals surface area contributed by atoms with Gasteiger partial charge in [0.05, 0.1) is 6.04 Å². The number of anilines is 2. The smallest absolute Gasteiger partial charge is 0.263 e. The number of hydrogen-bond donors (Lipinski definition) is 2. The van der Waals surface area contributed by atoms with E-state index in [2.05, 4.69) is 41.9 Å². The fourth-order valence-electron chi connectivity index (χ4n) is 3.97. The molecule has 1 atom stereocenters. The molecule has 36 heavy (non-hydrogen) atoms. The van der Waals surface area contributed by atoms with E-state index < -0.39 is 10.0 Å². The third-order valence-corrected chi connectivity index (χ3v) is 8.83. The first-order valence-corrected chi connectivity index (χ1v) is 14.5. The summed E-state index contributed by atoms with van der Waals surface area (Å²) in [6, 6.07) is 18.5. The minimum absolute atomic E-state index is 0.100. The highest BCUT2D eigenvalue weighted by molar-refractivity contribution is 9.11. The van der Waals surface area contributed by atoms with Crippen LogP contribution < -0.4 is 14.9 Å². The van der Waals surface area contributed by atoms with Gasteiger partial charge in [-0.1, -0.05) is 28.1 Å². The van der Waals surface area contributed by atoms with Crippen LogP contribution >= 0.6 is 31.9 Å². The molecule has 0 radical (unpaired) electrons. The van der Waals surface area contributed by atoms with Gasteiger partial charge in [-0.2, -0.15) is 0 Å². The number of amides is 2. The predicted molar refractivity (Wildman–Crippen MR) is 148 cm³/mol. The number of sulfonamides is 1. The summed E-state index contributed by atoms with van der Waals surface area (Å²) in [4.78, 5) is 26.8. The topological polar surface area (TPSA) is 95.6 Å². The Balaban J connectivity index is 1.39. The Morgan fingerprint density at radius 1 is 0.972 bits per heavy atom. The molecule has 3 aromatic rings. The molecule has 1 heterocycles. The zero-order valence-corrected chi connectivity index (χ0v) is 23.5. The lowest BCUT2D eigenvalue weighted by Gasteiger charge is -2.27. The van der Waals surface area contributed by atoms with E-state index in [1.54, 1.807) is 36.4 Å². The van der Waals surface area contributed by atoms with Crippen LogP contribution in [0.1, 0.15) is 48.1 Å². The van der Waals surface area contributed by atoms with Crippen molar-refractivity contribution in [1.82, 2.24) is 5.32 Å². The lowest BCUT2D eigenvalue weighted by atomic mass is 10.1. The maximum atomic E-state index is 12.8. The van der Waals surface area contributed by atoms with Gasteiger partial charge in [0.2, 0.25) is 5.91 Å². The van der Waals surface area contributed by atoms with Crippen molar-refractivity contribution < 1.29 is 18.0 Å². The summed E-state index contributed by atoms with van der Waals surface area (Å²) in [5.41, 5.74) is 2.54. The summed E-state index contributed by atoms with van der Waals surface area (Å²) in [6.07, 6.45) is 2.52. The molecule has 0 spiro atoms. The molecule has 0 aromatic heterocycles. The Kier molecular flexibility index (Phi) is 8.17. The molecule has 7 nitrogen and oxygen atoms in total. The van der Waals surface area contributed by atoms with Crippen LogP contribution in [0.15, 0.2) is 80.6 Å². The first-order chi connectivity index (χ1) is 17.1. The molecular formula is C26H25Br2N3O4S. The van der Waals surface area contributed by atoms with Crippen LogP contribution in [0, 0.1) is 0 Å². The minimum atomic E-state index is -3.82. The molecule has 1 aliphatic rings. The van der Waals surface area contributed by atoms with E-state index in [1.807, 2.05) is 36.1 Å². The second-order valence-electron chi connectivity index (χ2n) is 8.55. The van der Waals surface area contributed by atoms with Crippen LogP contribution in [-0.4, -0.2) is 26.8 Å². The van der Waals surface area contributed by atoms with E-state index in [4.69, 9.17) is 0 Å². The normalized spacial score (nSPS) is 14.9. The third kappa shape index (κ3) is 6.16. The number of benzene rings is 3. The number of nitrogens with zero attached hydrogens (tertiary/aromatic N) is 1. The lowest BCUT2D eigenvalue weighted by molar-refractivity contribution is -0.119. The van der Waals surface area contributed by atoms with Gasteiger partial charge in [-0.3, -0.25) is 14.3 Å². The molecule has 4 rings (SSSR count). The first-order valence-electron chi connectivity index (χ1n) is 11.4. The van der Waals surface area contributed by atoms with Crippen LogP contribution in [0.2, 0.25) is 0 Å². The highest BCUT2D eigenvalue weighted by Crippen LogP contribution is 2.28. The Hall–Kier alpha value is -2.69. The van der Waals surface area contributed by atoms with E-state index >= 15 is 0 Å². The van der Waals surface area contributed by atoms with Crippen molar-refractivity contribution in [3.63, 3.8) is 0 Å². The van der Waals surface area contributed by atoms with Gasteiger partial charge in [-0.25, -0.2) is 8.42 Å². The van der Waals surface area contributed by atoms with E-state index in [-0.39, 0.29) is 22.8 Å². The molecule has 1 unspecified atom stereocenters. The third-order valence-electron chi connectivity index (χ3n) is 5.96. The Morgan fingerprint density at radius 2 is 1.67 bits per heavy atom. The molecule has 1 aliphatic heterocycles. The fourth-order valence-corrected chi connectivity index (χ4v) is 6.53. The number of halogens is 2. The number of piperidine rings is 1. The molecule has 0 aliphatic carbocycles. The van der Waals surface area contributed by atoms with E-state index in [9.17, 15) is 18.0 Å². The maximum absolute atomic E-state index is 12.8. The van der Waals surface area contributed by atoms with Gasteiger partial charge in [0.1, 0.15) is 4.90 Å². The summed E-state index contributed by atoms with van der Waals surface area (Å²) in [6.45, 7) is 2.62. The molecule has 0 bridgehead atoms. The zero-order valence-electron chi connectivity index (χ0n) is 19.5. The summed E-state index contributed by atoms with van der Waals surface area (Å²) in [5.74, 6) is -0.132. The number of rotatable bonds is 7. The zero-order chi connectivity index (χ0) is 25.9. The van der Waals surface area contributed by atoms with Crippen LogP contribution in [-0.2, 0) is 14.8 Å². The van der Waals surface area contributed by atoms with Gasteiger partial charge in [0, 0.05) is 38.8 Å². The van der Waals surface area contributed by atoms with Gasteiger partial charge in [0.15, 0.2) is 0 Å². The predicted octanol–water partition coefficient (Wildman–Crippen LogP) is 6.02. The monoisotopic (exact) mass is 633 g/mol. The van der Waals surface area contributed by atoms with Gasteiger partial charge >= 0.3 is 0 Å². The van der Waals surface area contributed by atoms with Crippen LogP contribution in [0.3, 0.4) is 0 Å². The number of hydrogen-bond acceptors (Lipinski definition) is 4. The number of carbonyl (C=O) groups excluding carboxylic acids is 2. The largest absolute Gasteiger partial charge is 0.346 e. The minimum Gasteiger partial charge on any atom is -0.346 e. The SMILES string of the molecule is CC(NC(=O)c1ccc(NS(=O)(=O)c2cc(Br)ccc2Br)cc1)c1ccc(N2CCCCC2=O)cc1. The Morgan fingerprint density at radius 3 is 2.33 bits per heavy atom. The van der Waals surface area contributed by atoms with Gasteiger partial charge in [-0.05, 0) is 95.9 Å². The van der Waals surface area contributed by atoms with Crippen molar-refractivity contribution in [2.24, 2.45) is 0 Å². The molecule has 188 valence electrons. The van der Waals surface area contributed by atoms with Gasteiger partial charge in [0.25, 0.3) is 15.9 Å². The number of nitrogens with one attached hydrogen (secondary N) is 2. The standard InChI is InChI=1S/C26H25Br2N3O4S/c1-17(18-7-12-22(13-8-18)31-15-3-2-4-25(31)32)29-26(33)19-5-10-21(11-6-19)30-36(34,35)24-16-20(27)9-14-23(24)28/h5-14,16-17,30H,2-4,15H2,1H3,(H,29,33). The molecule has 0 saturated carbocycles. The lowest BCUT2D eigenvalue weighted by Crippen LogP contribution is -2.35. The van der Waals surface area contributed by atoms with Crippen LogP contribution in [0.4, 0.5) is 11.4 Å². The van der Waals surface area contributed by atoms with Crippen molar-refractivity contribution in [2.45, 2.75) is 37.1 Å². The average Bonchev–Trinajstić information content (AvgIpc) is 2.86. The van der Waals surface area contributed by atoms with Crippen molar-refractivity contribution in [1.29, 1.82) is 0 Å². The molecule has 10 heteroatoms. The molecule has 2 N–H and O–H groups in total. The van der Waals surface area contributed by atoms with Crippen molar-refractivity contribution >= 4 is 65.1 Å². The second-order valence-corrected chi connectivity index (χ2v) is 12.0. The summed E-state index contributed by atoms with van der Waals surface area (Å²) in [7, 11) is -3.82. The van der Waals surface area contributed by atoms with Crippen LogP contribution in [0.5, 0.6) is 0 Å². The fraction of sp³-hybridized carbons (Fsp3) is 0.231. The Bertz CT molecular complexity index is 1380. The second kappa shape index (κ2) is 11.1. The van der Waals surface area contributed by atoms with E-state index in [0.717, 1.165) is 30.6 Å².